The molecule has 0 saturated carbocycles. The molecule has 0 radical (unpaired) electrons. The molecule has 24 heavy (non-hydrogen) atoms. The molecular formula is C17H18ClNO4S. The van der Waals surface area contributed by atoms with Gasteiger partial charge in [0.2, 0.25) is 0 Å². The molecule has 2 aromatic rings. The maximum absolute atomic E-state index is 12.3. The summed E-state index contributed by atoms with van der Waals surface area (Å²) in [6.07, 6.45) is 1.19. The number of methoxy groups -OCH3 is 1. The molecule has 0 aromatic heterocycles. The Kier molecular flexibility index (Phi) is 5.85. The highest BCUT2D eigenvalue weighted by Crippen LogP contribution is 2.22. The average molecular weight is 368 g/mol. The average Bonchev–Trinajstić information content (AvgIpc) is 2.52. The zero-order valence-electron chi connectivity index (χ0n) is 13.4. The number of ether oxygens (including phenoxy) is 1. The van der Waals surface area contributed by atoms with Crippen LogP contribution in [0.4, 0.5) is 0 Å². The zero-order chi connectivity index (χ0) is 17.7. The number of hydrogen-bond donors (Lipinski definition) is 1. The number of benzene rings is 2. The Balaban J connectivity index is 2.03. The van der Waals surface area contributed by atoms with Crippen molar-refractivity contribution in [3.05, 3.63) is 64.2 Å². The normalized spacial score (nSPS) is 11.1. The van der Waals surface area contributed by atoms with Crippen molar-refractivity contribution in [2.75, 3.05) is 13.4 Å². The Morgan fingerprint density at radius 2 is 1.75 bits per heavy atom. The first kappa shape index (κ1) is 18.3. The van der Waals surface area contributed by atoms with Crippen molar-refractivity contribution in [2.24, 2.45) is 0 Å². The van der Waals surface area contributed by atoms with E-state index in [2.05, 4.69) is 5.32 Å². The van der Waals surface area contributed by atoms with E-state index < -0.39 is 9.84 Å². The van der Waals surface area contributed by atoms with Gasteiger partial charge in [0.15, 0.2) is 9.84 Å². The number of sulfone groups is 1. The molecule has 128 valence electrons. The first-order valence-electron chi connectivity index (χ1n) is 7.16. The van der Waals surface area contributed by atoms with Crippen LogP contribution in [0.3, 0.4) is 0 Å². The first-order chi connectivity index (χ1) is 11.3. The van der Waals surface area contributed by atoms with Crippen LogP contribution in [-0.2, 0) is 22.1 Å². The van der Waals surface area contributed by atoms with Gasteiger partial charge in [0.1, 0.15) is 5.75 Å². The lowest BCUT2D eigenvalue weighted by molar-refractivity contribution is 0.0948. The maximum atomic E-state index is 12.3. The molecule has 1 amide bonds. The highest BCUT2D eigenvalue weighted by Gasteiger charge is 2.12. The number of halogens is 1. The van der Waals surface area contributed by atoms with Crippen LogP contribution in [0.2, 0.25) is 5.02 Å². The third-order valence-electron chi connectivity index (χ3n) is 3.31. The minimum absolute atomic E-state index is 0.000642. The van der Waals surface area contributed by atoms with Crippen molar-refractivity contribution < 1.29 is 17.9 Å². The van der Waals surface area contributed by atoms with Gasteiger partial charge in [0.25, 0.3) is 5.91 Å². The van der Waals surface area contributed by atoms with Crippen molar-refractivity contribution in [3.8, 4) is 5.75 Å². The Labute approximate surface area is 146 Å². The molecule has 5 nitrogen and oxygen atoms in total. The molecular weight excluding hydrogens is 350 g/mol. The van der Waals surface area contributed by atoms with Crippen molar-refractivity contribution in [1.29, 1.82) is 0 Å². The van der Waals surface area contributed by atoms with E-state index in [1.54, 1.807) is 42.5 Å². The van der Waals surface area contributed by atoms with Crippen LogP contribution in [0.1, 0.15) is 21.5 Å². The molecule has 1 N–H and O–H groups in total. The third kappa shape index (κ3) is 5.25. The summed E-state index contributed by atoms with van der Waals surface area (Å²) >= 11 is 5.92. The summed E-state index contributed by atoms with van der Waals surface area (Å²) in [7, 11) is -1.57. The third-order valence-corrected chi connectivity index (χ3v) is 4.40. The second-order valence-corrected chi connectivity index (χ2v) is 7.99. The Morgan fingerprint density at radius 3 is 2.33 bits per heavy atom. The van der Waals surface area contributed by atoms with Gasteiger partial charge < -0.3 is 10.1 Å². The maximum Gasteiger partial charge on any atom is 0.255 e. The van der Waals surface area contributed by atoms with Crippen molar-refractivity contribution >= 4 is 27.3 Å². The Morgan fingerprint density at radius 1 is 1.12 bits per heavy atom. The van der Waals surface area contributed by atoms with Crippen molar-refractivity contribution in [1.82, 2.24) is 5.32 Å². The second-order valence-electron chi connectivity index (χ2n) is 5.41. The second kappa shape index (κ2) is 7.68. The molecule has 0 saturated heterocycles. The van der Waals surface area contributed by atoms with E-state index in [0.717, 1.165) is 5.56 Å². The monoisotopic (exact) mass is 367 g/mol. The van der Waals surface area contributed by atoms with Gasteiger partial charge >= 0.3 is 0 Å². The minimum atomic E-state index is -3.06. The van der Waals surface area contributed by atoms with Crippen molar-refractivity contribution in [3.63, 3.8) is 0 Å². The van der Waals surface area contributed by atoms with Crippen LogP contribution in [0.5, 0.6) is 5.75 Å². The number of carbonyl (C=O) groups is 1. The van der Waals surface area contributed by atoms with Crippen LogP contribution < -0.4 is 10.1 Å². The largest absolute Gasteiger partial charge is 0.496 e. The van der Waals surface area contributed by atoms with Crippen LogP contribution >= 0.6 is 11.6 Å². The van der Waals surface area contributed by atoms with E-state index in [0.29, 0.717) is 28.4 Å². The van der Waals surface area contributed by atoms with Gasteiger partial charge in [-0.15, -0.1) is 0 Å². The number of hydrogen-bond acceptors (Lipinski definition) is 4. The summed E-state index contributed by atoms with van der Waals surface area (Å²) in [4.78, 5) is 12.3. The van der Waals surface area contributed by atoms with E-state index in [1.165, 1.54) is 13.4 Å². The van der Waals surface area contributed by atoms with Gasteiger partial charge in [-0.3, -0.25) is 4.79 Å². The van der Waals surface area contributed by atoms with E-state index in [-0.39, 0.29) is 11.7 Å². The quantitative estimate of drug-likeness (QED) is 0.852. The predicted molar refractivity (Wildman–Crippen MR) is 94.2 cm³/mol. The van der Waals surface area contributed by atoms with Gasteiger partial charge in [-0.2, -0.15) is 0 Å². The van der Waals surface area contributed by atoms with Gasteiger partial charge in [-0.05, 0) is 29.3 Å². The van der Waals surface area contributed by atoms with E-state index in [1.807, 2.05) is 0 Å². The molecule has 0 unspecified atom stereocenters. The summed E-state index contributed by atoms with van der Waals surface area (Å²) in [6, 6.07) is 11.9. The minimum Gasteiger partial charge on any atom is -0.496 e. The topological polar surface area (TPSA) is 72.5 Å². The first-order valence-corrected chi connectivity index (χ1v) is 9.59. The molecule has 0 aliphatic carbocycles. The summed E-state index contributed by atoms with van der Waals surface area (Å²) in [5, 5.41) is 3.24. The van der Waals surface area contributed by atoms with E-state index in [9.17, 15) is 13.2 Å². The lowest BCUT2D eigenvalue weighted by Gasteiger charge is -2.10. The molecule has 0 fully saturated rings. The molecule has 2 rings (SSSR count). The smallest absolute Gasteiger partial charge is 0.255 e. The molecule has 0 atom stereocenters. The van der Waals surface area contributed by atoms with Gasteiger partial charge in [0, 0.05) is 17.8 Å². The Hall–Kier alpha value is -2.05. The molecule has 7 heteroatoms. The fourth-order valence-corrected chi connectivity index (χ4v) is 3.16. The van der Waals surface area contributed by atoms with Crippen LogP contribution in [-0.4, -0.2) is 27.7 Å². The standard InChI is InChI=1S/C17H18ClNO4S/c1-23-16-8-7-14(18)9-15(16)17(20)19-10-12-3-5-13(6-4-12)11-24(2,21)22/h3-9H,10-11H2,1-2H3,(H,19,20). The SMILES string of the molecule is COc1ccc(Cl)cc1C(=O)NCc1ccc(CS(C)(=O)=O)cc1. The van der Waals surface area contributed by atoms with Gasteiger partial charge in [-0.25, -0.2) is 8.42 Å². The van der Waals surface area contributed by atoms with Crippen LogP contribution in [0, 0.1) is 0 Å². The molecule has 0 aliphatic rings. The van der Waals surface area contributed by atoms with E-state index in [4.69, 9.17) is 16.3 Å². The summed E-state index contributed by atoms with van der Waals surface area (Å²) < 4.78 is 27.7. The summed E-state index contributed by atoms with van der Waals surface area (Å²) in [5.74, 6) is 0.147. The number of amides is 1. The summed E-state index contributed by atoms with van der Waals surface area (Å²) in [6.45, 7) is 0.313. The van der Waals surface area contributed by atoms with E-state index >= 15 is 0 Å². The molecule has 0 aliphatic heterocycles. The van der Waals surface area contributed by atoms with Gasteiger partial charge in [0.05, 0.1) is 18.4 Å². The summed E-state index contributed by atoms with van der Waals surface area (Å²) in [5.41, 5.74) is 1.93. The highest BCUT2D eigenvalue weighted by atomic mass is 35.5. The fourth-order valence-electron chi connectivity index (χ4n) is 2.19. The fraction of sp³-hybridized carbons (Fsp3) is 0.235. The molecule has 0 heterocycles. The van der Waals surface area contributed by atoms with Crippen LogP contribution in [0.15, 0.2) is 42.5 Å². The highest BCUT2D eigenvalue weighted by molar-refractivity contribution is 7.89. The Bertz CT molecular complexity index is 832. The molecule has 2 aromatic carbocycles. The van der Waals surface area contributed by atoms with Gasteiger partial charge in [-0.1, -0.05) is 35.9 Å². The molecule has 0 bridgehead atoms. The number of rotatable bonds is 6. The van der Waals surface area contributed by atoms with Crippen LogP contribution in [0.25, 0.3) is 0 Å². The predicted octanol–water partition coefficient (Wildman–Crippen LogP) is 2.82. The molecule has 0 spiro atoms. The lowest BCUT2D eigenvalue weighted by atomic mass is 10.1. The zero-order valence-corrected chi connectivity index (χ0v) is 14.9. The number of carbonyl (C=O) groups excluding carboxylic acids is 1. The lowest BCUT2D eigenvalue weighted by Crippen LogP contribution is -2.23. The van der Waals surface area contributed by atoms with Crippen molar-refractivity contribution in [2.45, 2.75) is 12.3 Å². The number of nitrogens with one attached hydrogen (secondary N) is 1.